The van der Waals surface area contributed by atoms with E-state index in [2.05, 4.69) is 57.0 Å². The predicted octanol–water partition coefficient (Wildman–Crippen LogP) is 5.07. The van der Waals surface area contributed by atoms with Crippen LogP contribution >= 0.6 is 15.9 Å². The molecule has 6 heteroatoms. The largest absolute Gasteiger partial charge is 0.451 e. The number of hydrogen-bond acceptors (Lipinski definition) is 5. The average Bonchev–Trinajstić information content (AvgIpc) is 3.34. The highest BCUT2D eigenvalue weighted by molar-refractivity contribution is 9.10. The Morgan fingerprint density at radius 2 is 1.92 bits per heavy atom. The van der Waals surface area contributed by atoms with Gasteiger partial charge in [0.25, 0.3) is 0 Å². The van der Waals surface area contributed by atoms with E-state index < -0.39 is 0 Å². The van der Waals surface area contributed by atoms with Crippen LogP contribution in [0.4, 0.5) is 5.82 Å². The van der Waals surface area contributed by atoms with Crippen LogP contribution in [0.15, 0.2) is 23.1 Å². The van der Waals surface area contributed by atoms with Crippen LogP contribution in [0.3, 0.4) is 0 Å². The molecule has 0 bridgehead atoms. The van der Waals surface area contributed by atoms with Gasteiger partial charge in [-0.05, 0) is 54.5 Å². The third-order valence-corrected chi connectivity index (χ3v) is 4.71. The molecular formula is C18H23BrN4O. The molecule has 1 aliphatic carbocycles. The molecule has 3 rings (SSSR count). The standard InChI is InChI=1S/C18H23BrN4O/c1-10(2)14-8-21-17(19)7-15(14)24-16-9-20-12(4)23-18(16)22-11(3)13-5-6-13/h7-11,13H,5-6H2,1-4H3,(H,20,22,23)/t11-/m1/s1. The first-order chi connectivity index (χ1) is 11.4. The van der Waals surface area contributed by atoms with E-state index >= 15 is 0 Å². The van der Waals surface area contributed by atoms with Gasteiger partial charge in [-0.2, -0.15) is 0 Å². The van der Waals surface area contributed by atoms with Gasteiger partial charge in [0.1, 0.15) is 16.2 Å². The van der Waals surface area contributed by atoms with Crippen molar-refractivity contribution in [3.8, 4) is 11.5 Å². The van der Waals surface area contributed by atoms with E-state index in [1.807, 2.05) is 19.2 Å². The zero-order chi connectivity index (χ0) is 17.3. The molecule has 2 heterocycles. The lowest BCUT2D eigenvalue weighted by molar-refractivity contribution is 0.467. The Bertz CT molecular complexity index is 731. The van der Waals surface area contributed by atoms with E-state index in [0.29, 0.717) is 17.7 Å². The molecule has 0 unspecified atom stereocenters. The van der Waals surface area contributed by atoms with Crippen LogP contribution in [0, 0.1) is 12.8 Å². The number of nitrogens with zero attached hydrogens (tertiary/aromatic N) is 3. The third-order valence-electron chi connectivity index (χ3n) is 4.27. The van der Waals surface area contributed by atoms with Gasteiger partial charge in [-0.3, -0.25) is 0 Å². The molecule has 0 aliphatic heterocycles. The van der Waals surface area contributed by atoms with E-state index in [-0.39, 0.29) is 0 Å². The van der Waals surface area contributed by atoms with Gasteiger partial charge in [0, 0.05) is 23.9 Å². The molecule has 0 radical (unpaired) electrons. The molecule has 2 aromatic heterocycles. The van der Waals surface area contributed by atoms with Gasteiger partial charge in [-0.25, -0.2) is 15.0 Å². The third kappa shape index (κ3) is 4.04. The molecule has 2 aromatic rings. The van der Waals surface area contributed by atoms with E-state index in [4.69, 9.17) is 4.74 Å². The molecule has 0 amide bonds. The summed E-state index contributed by atoms with van der Waals surface area (Å²) in [7, 11) is 0. The fourth-order valence-corrected chi connectivity index (χ4v) is 2.94. The van der Waals surface area contributed by atoms with Crippen LogP contribution in [0.2, 0.25) is 0 Å². The van der Waals surface area contributed by atoms with Crippen LogP contribution in [-0.4, -0.2) is 21.0 Å². The van der Waals surface area contributed by atoms with Gasteiger partial charge in [-0.15, -0.1) is 0 Å². The lowest BCUT2D eigenvalue weighted by Crippen LogP contribution is -2.19. The minimum absolute atomic E-state index is 0.314. The van der Waals surface area contributed by atoms with Crippen molar-refractivity contribution in [2.75, 3.05) is 5.32 Å². The number of hydrogen-bond donors (Lipinski definition) is 1. The topological polar surface area (TPSA) is 59.9 Å². The van der Waals surface area contributed by atoms with Gasteiger partial charge < -0.3 is 10.1 Å². The van der Waals surface area contributed by atoms with E-state index in [9.17, 15) is 0 Å². The second-order valence-corrected chi connectivity index (χ2v) is 7.51. The summed E-state index contributed by atoms with van der Waals surface area (Å²) in [4.78, 5) is 13.1. The van der Waals surface area contributed by atoms with Crippen molar-refractivity contribution in [1.82, 2.24) is 15.0 Å². The molecule has 1 aliphatic rings. The first-order valence-electron chi connectivity index (χ1n) is 8.37. The van der Waals surface area contributed by atoms with Crippen molar-refractivity contribution in [1.29, 1.82) is 0 Å². The Kier molecular flexibility index (Phi) is 5.04. The smallest absolute Gasteiger partial charge is 0.187 e. The van der Waals surface area contributed by atoms with Gasteiger partial charge in [0.05, 0.1) is 6.20 Å². The zero-order valence-corrected chi connectivity index (χ0v) is 16.1. The number of nitrogens with one attached hydrogen (secondary N) is 1. The predicted molar refractivity (Wildman–Crippen MR) is 98.7 cm³/mol. The maximum Gasteiger partial charge on any atom is 0.187 e. The van der Waals surface area contributed by atoms with Gasteiger partial charge >= 0.3 is 0 Å². The monoisotopic (exact) mass is 390 g/mol. The summed E-state index contributed by atoms with van der Waals surface area (Å²) in [6, 6.07) is 2.28. The zero-order valence-electron chi connectivity index (χ0n) is 14.5. The minimum Gasteiger partial charge on any atom is -0.451 e. The average molecular weight is 391 g/mol. The number of rotatable bonds is 6. The molecule has 1 N–H and O–H groups in total. The lowest BCUT2D eigenvalue weighted by Gasteiger charge is -2.18. The number of aryl methyl sites for hydroxylation is 1. The fourth-order valence-electron chi connectivity index (χ4n) is 2.63. The Balaban J connectivity index is 1.90. The van der Waals surface area contributed by atoms with Crippen LogP contribution in [0.25, 0.3) is 0 Å². The molecule has 24 heavy (non-hydrogen) atoms. The molecule has 5 nitrogen and oxygen atoms in total. The molecule has 0 saturated heterocycles. The fraction of sp³-hybridized carbons (Fsp3) is 0.500. The summed E-state index contributed by atoms with van der Waals surface area (Å²) in [6.07, 6.45) is 6.15. The molecule has 1 fully saturated rings. The summed E-state index contributed by atoms with van der Waals surface area (Å²) in [5.41, 5.74) is 1.06. The Morgan fingerprint density at radius 1 is 1.17 bits per heavy atom. The van der Waals surface area contributed by atoms with Crippen LogP contribution in [0.5, 0.6) is 11.5 Å². The maximum absolute atomic E-state index is 6.18. The van der Waals surface area contributed by atoms with Crippen molar-refractivity contribution in [2.24, 2.45) is 5.92 Å². The molecule has 0 spiro atoms. The summed E-state index contributed by atoms with van der Waals surface area (Å²) < 4.78 is 6.93. The second kappa shape index (κ2) is 7.05. The van der Waals surface area contributed by atoms with Gasteiger partial charge in [0.15, 0.2) is 11.6 Å². The van der Waals surface area contributed by atoms with Crippen molar-refractivity contribution >= 4 is 21.7 Å². The molecular weight excluding hydrogens is 368 g/mol. The van der Waals surface area contributed by atoms with Crippen molar-refractivity contribution < 1.29 is 4.74 Å². The number of anilines is 1. The van der Waals surface area contributed by atoms with Crippen LogP contribution < -0.4 is 10.1 Å². The van der Waals surface area contributed by atoms with Gasteiger partial charge in [0.2, 0.25) is 0 Å². The highest BCUT2D eigenvalue weighted by Gasteiger charge is 2.29. The molecule has 128 valence electrons. The van der Waals surface area contributed by atoms with Crippen LogP contribution in [-0.2, 0) is 0 Å². The number of pyridine rings is 1. The number of aromatic nitrogens is 3. The van der Waals surface area contributed by atoms with Crippen molar-refractivity contribution in [2.45, 2.75) is 52.5 Å². The van der Waals surface area contributed by atoms with E-state index in [1.165, 1.54) is 12.8 Å². The van der Waals surface area contributed by atoms with Gasteiger partial charge in [-0.1, -0.05) is 13.8 Å². The normalized spacial score (nSPS) is 15.4. The first kappa shape index (κ1) is 17.1. The molecule has 0 aromatic carbocycles. The SMILES string of the molecule is Cc1ncc(Oc2cc(Br)ncc2C(C)C)c(N[C@H](C)C2CC2)n1. The summed E-state index contributed by atoms with van der Waals surface area (Å²) >= 11 is 3.42. The van der Waals surface area contributed by atoms with Crippen molar-refractivity contribution in [3.63, 3.8) is 0 Å². The Hall–Kier alpha value is -1.69. The summed E-state index contributed by atoms with van der Waals surface area (Å²) in [5, 5.41) is 3.49. The minimum atomic E-state index is 0.314. The quantitative estimate of drug-likeness (QED) is 0.697. The highest BCUT2D eigenvalue weighted by Crippen LogP contribution is 2.37. The summed E-state index contributed by atoms with van der Waals surface area (Å²) in [6.45, 7) is 8.33. The lowest BCUT2D eigenvalue weighted by atomic mass is 10.1. The first-order valence-corrected chi connectivity index (χ1v) is 9.16. The maximum atomic E-state index is 6.18. The van der Waals surface area contributed by atoms with Crippen LogP contribution in [0.1, 0.15) is 50.9 Å². The van der Waals surface area contributed by atoms with Crippen molar-refractivity contribution in [3.05, 3.63) is 34.5 Å². The van der Waals surface area contributed by atoms with E-state index in [1.54, 1.807) is 6.20 Å². The number of halogens is 1. The summed E-state index contributed by atoms with van der Waals surface area (Å²) in [5.74, 6) is 3.95. The molecule has 1 atom stereocenters. The molecule has 1 saturated carbocycles. The Labute approximate surface area is 151 Å². The number of ether oxygens (including phenoxy) is 1. The highest BCUT2D eigenvalue weighted by atomic mass is 79.9. The van der Waals surface area contributed by atoms with E-state index in [0.717, 1.165) is 33.5 Å². The second-order valence-electron chi connectivity index (χ2n) is 6.70. The Morgan fingerprint density at radius 3 is 2.58 bits per heavy atom.